The van der Waals surface area contributed by atoms with E-state index in [4.69, 9.17) is 4.74 Å². The zero-order valence-corrected chi connectivity index (χ0v) is 15.3. The van der Waals surface area contributed by atoms with E-state index in [2.05, 4.69) is 5.32 Å². The van der Waals surface area contributed by atoms with Crippen molar-refractivity contribution >= 4 is 11.8 Å². The molecule has 0 aromatic heterocycles. The highest BCUT2D eigenvalue weighted by molar-refractivity contribution is 5.94. The van der Waals surface area contributed by atoms with Gasteiger partial charge in [-0.05, 0) is 42.7 Å². The molecule has 3 rings (SSSR count). The number of ether oxygens (including phenoxy) is 1. The highest BCUT2D eigenvalue weighted by Gasteiger charge is 2.28. The van der Waals surface area contributed by atoms with Gasteiger partial charge in [-0.2, -0.15) is 0 Å². The van der Waals surface area contributed by atoms with Gasteiger partial charge in [0.1, 0.15) is 11.6 Å². The number of nitrogens with one attached hydrogen (secondary N) is 1. The Morgan fingerprint density at radius 3 is 2.41 bits per heavy atom. The summed E-state index contributed by atoms with van der Waals surface area (Å²) in [5.41, 5.74) is 1.08. The van der Waals surface area contributed by atoms with Gasteiger partial charge in [-0.15, -0.1) is 0 Å². The van der Waals surface area contributed by atoms with Gasteiger partial charge < -0.3 is 15.0 Å². The monoisotopic (exact) mass is 370 g/mol. The van der Waals surface area contributed by atoms with Crippen LogP contribution >= 0.6 is 0 Å². The number of benzene rings is 2. The van der Waals surface area contributed by atoms with Crippen LogP contribution < -0.4 is 10.1 Å². The predicted molar refractivity (Wildman–Crippen MR) is 99.9 cm³/mol. The molecule has 1 heterocycles. The summed E-state index contributed by atoms with van der Waals surface area (Å²) in [5.74, 6) is -0.194. The molecule has 0 unspecified atom stereocenters. The standard InChI is InChI=1S/C21H23FN2O3/c1-27-17-8-6-15(7-9-17)14-23-20(25)16-10-12-24(13-11-16)21(26)18-4-2-3-5-19(18)22/h2-9,16H,10-14H2,1H3,(H,23,25). The number of hydrogen-bond acceptors (Lipinski definition) is 3. The third-order valence-electron chi connectivity index (χ3n) is 4.88. The molecule has 1 fully saturated rings. The van der Waals surface area contributed by atoms with Gasteiger partial charge in [0.15, 0.2) is 0 Å². The van der Waals surface area contributed by atoms with Crippen molar-refractivity contribution in [3.63, 3.8) is 0 Å². The Hall–Kier alpha value is -2.89. The van der Waals surface area contributed by atoms with Gasteiger partial charge in [-0.1, -0.05) is 24.3 Å². The Morgan fingerprint density at radius 2 is 1.78 bits per heavy atom. The largest absolute Gasteiger partial charge is 0.497 e. The summed E-state index contributed by atoms with van der Waals surface area (Å²) in [4.78, 5) is 26.4. The average molecular weight is 370 g/mol. The first-order valence-corrected chi connectivity index (χ1v) is 9.03. The Balaban J connectivity index is 1.48. The molecule has 27 heavy (non-hydrogen) atoms. The molecule has 1 aliphatic rings. The number of methoxy groups -OCH3 is 1. The van der Waals surface area contributed by atoms with Crippen molar-refractivity contribution in [1.82, 2.24) is 10.2 Å². The van der Waals surface area contributed by atoms with E-state index in [9.17, 15) is 14.0 Å². The summed E-state index contributed by atoms with van der Waals surface area (Å²) >= 11 is 0. The van der Waals surface area contributed by atoms with Crippen LogP contribution in [0.4, 0.5) is 4.39 Å². The van der Waals surface area contributed by atoms with Crippen molar-refractivity contribution in [3.8, 4) is 5.75 Å². The fraction of sp³-hybridized carbons (Fsp3) is 0.333. The quantitative estimate of drug-likeness (QED) is 0.880. The van der Waals surface area contributed by atoms with Crippen LogP contribution in [0.2, 0.25) is 0 Å². The Bertz CT molecular complexity index is 799. The maximum absolute atomic E-state index is 13.8. The molecule has 1 aliphatic heterocycles. The van der Waals surface area contributed by atoms with E-state index in [0.29, 0.717) is 32.5 Å². The van der Waals surface area contributed by atoms with E-state index < -0.39 is 5.82 Å². The average Bonchev–Trinajstić information content (AvgIpc) is 2.72. The van der Waals surface area contributed by atoms with Gasteiger partial charge in [-0.3, -0.25) is 9.59 Å². The van der Waals surface area contributed by atoms with E-state index in [1.807, 2.05) is 24.3 Å². The van der Waals surface area contributed by atoms with Crippen LogP contribution in [-0.2, 0) is 11.3 Å². The molecular formula is C21H23FN2O3. The Morgan fingerprint density at radius 1 is 1.11 bits per heavy atom. The lowest BCUT2D eigenvalue weighted by Gasteiger charge is -2.31. The topological polar surface area (TPSA) is 58.6 Å². The second kappa shape index (κ2) is 8.66. The third kappa shape index (κ3) is 4.64. The van der Waals surface area contributed by atoms with Crippen molar-refractivity contribution in [2.75, 3.05) is 20.2 Å². The van der Waals surface area contributed by atoms with E-state index in [1.54, 1.807) is 24.1 Å². The van der Waals surface area contributed by atoms with Crippen LogP contribution in [-0.4, -0.2) is 36.9 Å². The summed E-state index contributed by atoms with van der Waals surface area (Å²) in [5, 5.41) is 2.95. The predicted octanol–water partition coefficient (Wildman–Crippen LogP) is 3.00. The number of carbonyl (C=O) groups excluding carboxylic acids is 2. The summed E-state index contributed by atoms with van der Waals surface area (Å²) in [6.45, 7) is 1.36. The molecule has 1 N–H and O–H groups in total. The molecule has 5 nitrogen and oxygen atoms in total. The van der Waals surface area contributed by atoms with E-state index in [1.165, 1.54) is 12.1 Å². The molecule has 2 amide bonds. The fourth-order valence-electron chi connectivity index (χ4n) is 3.23. The van der Waals surface area contributed by atoms with Crippen LogP contribution in [0.1, 0.15) is 28.8 Å². The second-order valence-corrected chi connectivity index (χ2v) is 6.61. The number of hydrogen-bond donors (Lipinski definition) is 1. The maximum atomic E-state index is 13.8. The molecule has 0 radical (unpaired) electrons. The lowest BCUT2D eigenvalue weighted by atomic mass is 9.95. The zero-order valence-electron chi connectivity index (χ0n) is 15.3. The molecule has 0 spiro atoms. The van der Waals surface area contributed by atoms with Crippen molar-refractivity contribution in [2.45, 2.75) is 19.4 Å². The number of halogens is 1. The third-order valence-corrected chi connectivity index (χ3v) is 4.88. The van der Waals surface area contributed by atoms with E-state index in [-0.39, 0.29) is 23.3 Å². The lowest BCUT2D eigenvalue weighted by molar-refractivity contribution is -0.126. The molecule has 0 bridgehead atoms. The molecule has 1 saturated heterocycles. The number of amides is 2. The van der Waals surface area contributed by atoms with Crippen LogP contribution in [0.15, 0.2) is 48.5 Å². The second-order valence-electron chi connectivity index (χ2n) is 6.61. The van der Waals surface area contributed by atoms with Gasteiger partial charge in [0.2, 0.25) is 5.91 Å². The summed E-state index contributed by atoms with van der Waals surface area (Å²) in [7, 11) is 1.61. The molecule has 0 aliphatic carbocycles. The molecule has 2 aromatic rings. The Labute approximate surface area is 158 Å². The van der Waals surface area contributed by atoms with Crippen molar-refractivity contribution < 1.29 is 18.7 Å². The van der Waals surface area contributed by atoms with Gasteiger partial charge in [0.05, 0.1) is 12.7 Å². The van der Waals surface area contributed by atoms with Crippen LogP contribution in [0.3, 0.4) is 0 Å². The first kappa shape index (κ1) is 18.9. The highest BCUT2D eigenvalue weighted by Crippen LogP contribution is 2.20. The van der Waals surface area contributed by atoms with Gasteiger partial charge in [0, 0.05) is 25.6 Å². The number of carbonyl (C=O) groups is 2. The first-order valence-electron chi connectivity index (χ1n) is 9.03. The van der Waals surface area contributed by atoms with Gasteiger partial charge >= 0.3 is 0 Å². The Kier molecular flexibility index (Phi) is 6.06. The number of nitrogens with zero attached hydrogens (tertiary/aromatic N) is 1. The number of piperidine rings is 1. The van der Waals surface area contributed by atoms with Crippen molar-refractivity contribution in [3.05, 3.63) is 65.5 Å². The van der Waals surface area contributed by atoms with Crippen molar-refractivity contribution in [1.29, 1.82) is 0 Å². The molecule has 0 atom stereocenters. The fourth-order valence-corrected chi connectivity index (χ4v) is 3.23. The van der Waals surface area contributed by atoms with Gasteiger partial charge in [-0.25, -0.2) is 4.39 Å². The number of likely N-dealkylation sites (tertiary alicyclic amines) is 1. The normalized spacial score (nSPS) is 14.7. The van der Waals surface area contributed by atoms with Crippen LogP contribution in [0.25, 0.3) is 0 Å². The zero-order chi connectivity index (χ0) is 19.2. The lowest BCUT2D eigenvalue weighted by Crippen LogP contribution is -2.43. The van der Waals surface area contributed by atoms with Crippen molar-refractivity contribution in [2.24, 2.45) is 5.92 Å². The minimum absolute atomic E-state index is 0.0104. The maximum Gasteiger partial charge on any atom is 0.256 e. The van der Waals surface area contributed by atoms with Crippen LogP contribution in [0, 0.1) is 11.7 Å². The van der Waals surface area contributed by atoms with E-state index in [0.717, 1.165) is 11.3 Å². The highest BCUT2D eigenvalue weighted by atomic mass is 19.1. The summed E-state index contributed by atoms with van der Waals surface area (Å²) < 4.78 is 18.9. The summed E-state index contributed by atoms with van der Waals surface area (Å²) in [6.07, 6.45) is 1.16. The minimum atomic E-state index is -0.512. The minimum Gasteiger partial charge on any atom is -0.497 e. The summed E-state index contributed by atoms with van der Waals surface area (Å²) in [6, 6.07) is 13.5. The van der Waals surface area contributed by atoms with E-state index >= 15 is 0 Å². The molecule has 6 heteroatoms. The number of rotatable bonds is 5. The van der Waals surface area contributed by atoms with Crippen LogP contribution in [0.5, 0.6) is 5.75 Å². The first-order chi connectivity index (χ1) is 13.1. The molecule has 2 aromatic carbocycles. The smallest absolute Gasteiger partial charge is 0.256 e. The molecule has 142 valence electrons. The molecular weight excluding hydrogens is 347 g/mol. The SMILES string of the molecule is COc1ccc(CNC(=O)C2CCN(C(=O)c3ccccc3F)CC2)cc1. The molecule has 0 saturated carbocycles. The van der Waals surface area contributed by atoms with Gasteiger partial charge in [0.25, 0.3) is 5.91 Å².